The number of ether oxygens (including phenoxy) is 4. The monoisotopic (exact) mass is 990 g/mol. The minimum atomic E-state index is -4.98. The van der Waals surface area contributed by atoms with E-state index in [1.807, 2.05) is 12.1 Å². The molecule has 0 saturated heterocycles. The molecule has 0 heterocycles. The van der Waals surface area contributed by atoms with E-state index in [0.717, 1.165) is 29.3 Å². The van der Waals surface area contributed by atoms with Crippen LogP contribution >= 0.6 is 0 Å². The molecule has 19 heteroatoms. The SMILES string of the molecule is COc1ccc(-c2ccc(Oc3ccc(S(=O)(=O)c4ccc(Oc5ccc(-c6ccc(Oc7c(F)c(F)c(-c8c(F)c(F)c(C)c(F)c8F)c(F)c7F)cc6)cc5)cc4)cc3S(=O)(=O)O)cc2)cc1. The Labute approximate surface area is 388 Å². The first-order valence-corrected chi connectivity index (χ1v) is 22.8. The predicted octanol–water partition coefficient (Wildman–Crippen LogP) is 13.6. The van der Waals surface area contributed by atoms with E-state index in [1.165, 1.54) is 48.5 Å². The number of rotatable bonds is 13. The number of hydrogen-bond acceptors (Lipinski definition) is 8. The first kappa shape index (κ1) is 47.7. The highest BCUT2D eigenvalue weighted by atomic mass is 32.2. The molecule has 9 nitrogen and oxygen atoms in total. The maximum absolute atomic E-state index is 15.1. The summed E-state index contributed by atoms with van der Waals surface area (Å²) in [6, 6.07) is 33.6. The highest BCUT2D eigenvalue weighted by Crippen LogP contribution is 2.42. The van der Waals surface area contributed by atoms with Gasteiger partial charge in [0.25, 0.3) is 10.1 Å². The second-order valence-corrected chi connectivity index (χ2v) is 18.2. The summed E-state index contributed by atoms with van der Waals surface area (Å²) in [6.07, 6.45) is 0. The molecule has 8 aromatic rings. The number of benzene rings is 8. The van der Waals surface area contributed by atoms with Crippen molar-refractivity contribution in [1.82, 2.24) is 0 Å². The third kappa shape index (κ3) is 9.43. The van der Waals surface area contributed by atoms with Crippen LogP contribution in [0.25, 0.3) is 33.4 Å². The van der Waals surface area contributed by atoms with Crippen molar-refractivity contribution in [1.29, 1.82) is 0 Å². The fraction of sp³-hybridized carbons (Fsp3) is 0.0400. The second kappa shape index (κ2) is 18.7. The first-order chi connectivity index (χ1) is 32.8. The molecule has 0 saturated carbocycles. The molecule has 0 bridgehead atoms. The van der Waals surface area contributed by atoms with E-state index in [-0.39, 0.29) is 27.9 Å². The molecule has 0 amide bonds. The fourth-order valence-electron chi connectivity index (χ4n) is 6.96. The molecular weight excluding hydrogens is 961 g/mol. The Kier molecular flexibility index (Phi) is 13.0. The topological polar surface area (TPSA) is 125 Å². The molecule has 352 valence electrons. The van der Waals surface area contributed by atoms with E-state index >= 15 is 17.6 Å². The maximum Gasteiger partial charge on any atom is 0.298 e. The molecule has 0 aliphatic rings. The summed E-state index contributed by atoms with van der Waals surface area (Å²) >= 11 is 0. The van der Waals surface area contributed by atoms with Crippen molar-refractivity contribution >= 4 is 20.0 Å². The molecule has 0 atom stereocenters. The van der Waals surface area contributed by atoms with Crippen LogP contribution in [-0.2, 0) is 20.0 Å². The molecule has 0 aliphatic heterocycles. The van der Waals surface area contributed by atoms with Crippen LogP contribution in [0.3, 0.4) is 0 Å². The summed E-state index contributed by atoms with van der Waals surface area (Å²) in [7, 11) is -7.78. The van der Waals surface area contributed by atoms with Gasteiger partial charge in [0.15, 0.2) is 34.9 Å². The van der Waals surface area contributed by atoms with Crippen LogP contribution in [0, 0.1) is 53.5 Å². The smallest absolute Gasteiger partial charge is 0.298 e. The van der Waals surface area contributed by atoms with Crippen molar-refractivity contribution in [3.8, 4) is 73.6 Å². The third-order valence-corrected chi connectivity index (χ3v) is 13.2. The van der Waals surface area contributed by atoms with Crippen LogP contribution < -0.4 is 18.9 Å². The molecule has 8 rings (SSSR count). The van der Waals surface area contributed by atoms with Crippen molar-refractivity contribution in [2.24, 2.45) is 0 Å². The van der Waals surface area contributed by atoms with Gasteiger partial charge in [0, 0.05) is 5.56 Å². The number of sulfone groups is 1. The van der Waals surface area contributed by atoms with Crippen LogP contribution in [-0.4, -0.2) is 28.5 Å². The molecule has 0 unspecified atom stereocenters. The van der Waals surface area contributed by atoms with Crippen LogP contribution in [0.4, 0.5) is 35.1 Å². The average Bonchev–Trinajstić information content (AvgIpc) is 3.35. The quantitative estimate of drug-likeness (QED) is 0.0683. The van der Waals surface area contributed by atoms with Gasteiger partial charge in [-0.05, 0) is 120 Å². The zero-order chi connectivity index (χ0) is 49.5. The van der Waals surface area contributed by atoms with Crippen molar-refractivity contribution < 1.29 is 75.5 Å². The molecule has 8 aromatic carbocycles. The lowest BCUT2D eigenvalue weighted by Gasteiger charge is -2.15. The molecule has 0 spiro atoms. The van der Waals surface area contributed by atoms with Gasteiger partial charge in [0.2, 0.25) is 27.2 Å². The van der Waals surface area contributed by atoms with Crippen LogP contribution in [0.1, 0.15) is 5.56 Å². The van der Waals surface area contributed by atoms with Gasteiger partial charge in [-0.15, -0.1) is 0 Å². The number of hydrogen-bond donors (Lipinski definition) is 1. The van der Waals surface area contributed by atoms with Gasteiger partial charge in [-0.25, -0.2) is 34.8 Å². The largest absolute Gasteiger partial charge is 0.497 e. The highest BCUT2D eigenvalue weighted by molar-refractivity contribution is 7.91. The molecule has 0 fully saturated rings. The van der Waals surface area contributed by atoms with Gasteiger partial charge in [-0.1, -0.05) is 48.5 Å². The van der Waals surface area contributed by atoms with E-state index in [2.05, 4.69) is 0 Å². The summed E-state index contributed by atoms with van der Waals surface area (Å²) < 4.78 is 202. The van der Waals surface area contributed by atoms with E-state index in [0.29, 0.717) is 29.5 Å². The Morgan fingerprint density at radius 1 is 0.406 bits per heavy atom. The van der Waals surface area contributed by atoms with Gasteiger partial charge in [0.1, 0.15) is 39.4 Å². The third-order valence-electron chi connectivity index (χ3n) is 10.6. The Morgan fingerprint density at radius 2 is 0.754 bits per heavy atom. The van der Waals surface area contributed by atoms with Gasteiger partial charge in [-0.3, -0.25) is 4.55 Å². The maximum atomic E-state index is 15.1. The lowest BCUT2D eigenvalue weighted by molar-refractivity contribution is 0.366. The molecule has 69 heavy (non-hydrogen) atoms. The van der Waals surface area contributed by atoms with Gasteiger partial charge in [-0.2, -0.15) is 17.2 Å². The fourth-order valence-corrected chi connectivity index (χ4v) is 8.96. The van der Waals surface area contributed by atoms with Crippen molar-refractivity contribution in [3.63, 3.8) is 0 Å². The molecule has 1 N–H and O–H groups in total. The predicted molar refractivity (Wildman–Crippen MR) is 235 cm³/mol. The second-order valence-electron chi connectivity index (χ2n) is 14.9. The van der Waals surface area contributed by atoms with Gasteiger partial charge >= 0.3 is 0 Å². The minimum Gasteiger partial charge on any atom is -0.497 e. The number of methoxy groups -OCH3 is 1. The summed E-state index contributed by atoms with van der Waals surface area (Å²) in [5.74, 6) is -18.7. The average molecular weight is 991 g/mol. The number of halogens is 8. The Morgan fingerprint density at radius 3 is 1.16 bits per heavy atom. The zero-order valence-electron chi connectivity index (χ0n) is 35.3. The van der Waals surface area contributed by atoms with Crippen molar-refractivity contribution in [3.05, 3.63) is 192 Å². The van der Waals surface area contributed by atoms with Crippen molar-refractivity contribution in [2.45, 2.75) is 21.6 Å². The zero-order valence-corrected chi connectivity index (χ0v) is 37.0. The van der Waals surface area contributed by atoms with E-state index in [9.17, 15) is 39.0 Å². The minimum absolute atomic E-state index is 0.206. The molecule has 0 aromatic heterocycles. The molecular formula is C50H30F8O9S2. The van der Waals surface area contributed by atoms with Crippen molar-refractivity contribution in [2.75, 3.05) is 7.11 Å². The Bertz CT molecular complexity index is 3450. The summed E-state index contributed by atoms with van der Waals surface area (Å²) in [6.45, 7) is 0.644. The van der Waals surface area contributed by atoms with Gasteiger partial charge < -0.3 is 18.9 Å². The molecule has 0 radical (unpaired) electrons. The Balaban J connectivity index is 0.931. The lowest BCUT2D eigenvalue weighted by atomic mass is 9.99. The summed E-state index contributed by atoms with van der Waals surface area (Å²) in [5.41, 5.74) is -2.41. The summed E-state index contributed by atoms with van der Waals surface area (Å²) in [5, 5.41) is 0. The van der Waals surface area contributed by atoms with E-state index in [4.69, 9.17) is 18.9 Å². The van der Waals surface area contributed by atoms with Crippen LogP contribution in [0.2, 0.25) is 0 Å². The first-order valence-electron chi connectivity index (χ1n) is 19.9. The standard InChI is InChI=1S/C50H30F8O9S2/c1-26-42(51)44(53)40(45(54)43(26)52)41-46(55)48(57)50(49(58)47(41)56)67-35-17-9-30(10-18-35)28-5-13-32(14-6-28)65-33-19-21-36(22-20-33)68(59,60)37-23-24-38(39(25-37)69(61,62)63)66-34-15-7-29(8-16-34)27-3-11-31(64-2)12-4-27/h3-25H,1-2H3,(H,61,62,63). The van der Waals surface area contributed by atoms with Crippen LogP contribution in [0.15, 0.2) is 154 Å². The highest BCUT2D eigenvalue weighted by Gasteiger charge is 2.34. The van der Waals surface area contributed by atoms with Crippen LogP contribution in [0.5, 0.6) is 40.2 Å². The molecule has 0 aliphatic carbocycles. The lowest BCUT2D eigenvalue weighted by Crippen LogP contribution is -2.09. The van der Waals surface area contributed by atoms with E-state index < -0.39 is 98.7 Å². The normalized spacial score (nSPS) is 11.6. The summed E-state index contributed by atoms with van der Waals surface area (Å²) in [4.78, 5) is -1.47. The van der Waals surface area contributed by atoms with E-state index in [1.54, 1.807) is 67.8 Å². The van der Waals surface area contributed by atoms with Gasteiger partial charge in [0.05, 0.1) is 28.0 Å². The Hall–Kier alpha value is -7.74.